The van der Waals surface area contributed by atoms with Gasteiger partial charge in [-0.3, -0.25) is 4.79 Å². The monoisotopic (exact) mass is 451 g/mol. The number of nitrogens with zero attached hydrogens (tertiary/aromatic N) is 2. The van der Waals surface area contributed by atoms with Crippen molar-refractivity contribution in [2.45, 2.75) is 20.6 Å². The number of carbonyl (C=O) groups excluding carboxylic acids is 1. The van der Waals surface area contributed by atoms with Gasteiger partial charge in [-0.1, -0.05) is 27.5 Å². The molecule has 1 aromatic heterocycles. The summed E-state index contributed by atoms with van der Waals surface area (Å²) >= 11 is 9.31. The van der Waals surface area contributed by atoms with Crippen molar-refractivity contribution in [1.29, 1.82) is 0 Å². The van der Waals surface area contributed by atoms with E-state index in [4.69, 9.17) is 16.3 Å². The van der Waals surface area contributed by atoms with Crippen molar-refractivity contribution in [3.63, 3.8) is 0 Å². The molecule has 0 aliphatic heterocycles. The number of amides is 1. The molecule has 3 rings (SSSR count). The molecule has 0 saturated heterocycles. The molecule has 2 aromatic carbocycles. The first-order valence-electron chi connectivity index (χ1n) is 8.03. The van der Waals surface area contributed by atoms with Gasteiger partial charge in [0.15, 0.2) is 12.4 Å². The minimum Gasteiger partial charge on any atom is -0.471 e. The Balaban J connectivity index is 1.65. The smallest absolute Gasteiger partial charge is 0.276 e. The van der Waals surface area contributed by atoms with Crippen LogP contribution in [-0.4, -0.2) is 15.7 Å². The Morgan fingerprint density at radius 1 is 1.26 bits per heavy atom. The molecular weight excluding hydrogens is 437 g/mol. The third kappa shape index (κ3) is 4.67. The van der Waals surface area contributed by atoms with Gasteiger partial charge in [-0.25, -0.2) is 9.07 Å². The Morgan fingerprint density at radius 2 is 1.96 bits per heavy atom. The molecule has 0 unspecified atom stereocenters. The second kappa shape index (κ2) is 8.10. The highest BCUT2D eigenvalue weighted by Gasteiger charge is 2.13. The molecule has 5 nitrogen and oxygen atoms in total. The number of rotatable bonds is 5. The first-order valence-corrected chi connectivity index (χ1v) is 9.20. The predicted octanol–water partition coefficient (Wildman–Crippen LogP) is 5.34. The van der Waals surface area contributed by atoms with E-state index in [2.05, 4.69) is 26.3 Å². The summed E-state index contributed by atoms with van der Waals surface area (Å²) in [6, 6.07) is 9.60. The summed E-state index contributed by atoms with van der Waals surface area (Å²) in [6.07, 6.45) is 1.61. The Labute approximate surface area is 169 Å². The number of hydrogen-bond acceptors (Lipinski definition) is 3. The van der Waals surface area contributed by atoms with Gasteiger partial charge >= 0.3 is 0 Å². The van der Waals surface area contributed by atoms with E-state index in [1.165, 1.54) is 22.9 Å². The van der Waals surface area contributed by atoms with Crippen LogP contribution in [0.15, 0.2) is 47.1 Å². The topological polar surface area (TPSA) is 56.1 Å². The SMILES string of the molecule is Cc1cc(OCn2ccc(C(=O)Nc3ccc(Br)cc3F)n2)cc(C)c1Cl. The van der Waals surface area contributed by atoms with Crippen molar-refractivity contribution >= 4 is 39.1 Å². The second-order valence-electron chi connectivity index (χ2n) is 5.96. The quantitative estimate of drug-likeness (QED) is 0.568. The van der Waals surface area contributed by atoms with Crippen molar-refractivity contribution in [3.8, 4) is 5.75 Å². The summed E-state index contributed by atoms with van der Waals surface area (Å²) in [5.41, 5.74) is 2.08. The van der Waals surface area contributed by atoms with Crippen molar-refractivity contribution in [1.82, 2.24) is 9.78 Å². The van der Waals surface area contributed by atoms with Gasteiger partial charge in [0.2, 0.25) is 0 Å². The summed E-state index contributed by atoms with van der Waals surface area (Å²) in [5.74, 6) is -0.380. The molecule has 3 aromatic rings. The molecule has 140 valence electrons. The third-order valence-corrected chi connectivity index (χ3v) is 4.92. The molecule has 1 N–H and O–H groups in total. The van der Waals surface area contributed by atoms with Gasteiger partial charge in [-0.05, 0) is 61.4 Å². The lowest BCUT2D eigenvalue weighted by Crippen LogP contribution is -2.15. The van der Waals surface area contributed by atoms with Gasteiger partial charge in [0, 0.05) is 15.7 Å². The van der Waals surface area contributed by atoms with Gasteiger partial charge in [-0.2, -0.15) is 5.10 Å². The number of aromatic nitrogens is 2. The zero-order chi connectivity index (χ0) is 19.6. The van der Waals surface area contributed by atoms with Crippen LogP contribution in [0.5, 0.6) is 5.75 Å². The largest absolute Gasteiger partial charge is 0.471 e. The lowest BCUT2D eigenvalue weighted by Gasteiger charge is -2.10. The number of aryl methyl sites for hydroxylation is 2. The molecule has 0 aliphatic carbocycles. The Kier molecular flexibility index (Phi) is 5.82. The minimum atomic E-state index is -0.533. The van der Waals surface area contributed by atoms with Crippen LogP contribution in [0, 0.1) is 19.7 Å². The highest BCUT2D eigenvalue weighted by Crippen LogP contribution is 2.26. The van der Waals surface area contributed by atoms with Crippen LogP contribution in [0.25, 0.3) is 0 Å². The van der Waals surface area contributed by atoms with E-state index < -0.39 is 11.7 Å². The number of nitrogens with one attached hydrogen (secondary N) is 1. The highest BCUT2D eigenvalue weighted by molar-refractivity contribution is 9.10. The molecule has 27 heavy (non-hydrogen) atoms. The number of halogens is 3. The van der Waals surface area contributed by atoms with Crippen molar-refractivity contribution in [3.05, 3.63) is 74.7 Å². The molecule has 1 amide bonds. The maximum atomic E-state index is 13.8. The van der Waals surface area contributed by atoms with E-state index in [0.29, 0.717) is 15.2 Å². The summed E-state index contributed by atoms with van der Waals surface area (Å²) < 4.78 is 21.6. The van der Waals surface area contributed by atoms with Crippen LogP contribution in [0.1, 0.15) is 21.6 Å². The number of benzene rings is 2. The van der Waals surface area contributed by atoms with E-state index in [1.807, 2.05) is 26.0 Å². The third-order valence-electron chi connectivity index (χ3n) is 3.83. The fourth-order valence-corrected chi connectivity index (χ4v) is 2.90. The van der Waals surface area contributed by atoms with Gasteiger partial charge in [-0.15, -0.1) is 0 Å². The normalized spacial score (nSPS) is 10.7. The molecule has 1 heterocycles. The van der Waals surface area contributed by atoms with Crippen molar-refractivity contribution in [2.24, 2.45) is 0 Å². The van der Waals surface area contributed by atoms with Gasteiger partial charge < -0.3 is 10.1 Å². The zero-order valence-electron chi connectivity index (χ0n) is 14.6. The van der Waals surface area contributed by atoms with Crippen LogP contribution in [0.3, 0.4) is 0 Å². The fraction of sp³-hybridized carbons (Fsp3) is 0.158. The van der Waals surface area contributed by atoms with E-state index in [9.17, 15) is 9.18 Å². The van der Waals surface area contributed by atoms with Gasteiger partial charge in [0.05, 0.1) is 5.69 Å². The van der Waals surface area contributed by atoms with Gasteiger partial charge in [0.25, 0.3) is 5.91 Å². The van der Waals surface area contributed by atoms with Crippen molar-refractivity contribution < 1.29 is 13.9 Å². The number of anilines is 1. The molecule has 0 bridgehead atoms. The maximum Gasteiger partial charge on any atom is 0.276 e. The van der Waals surface area contributed by atoms with Crippen LogP contribution < -0.4 is 10.1 Å². The molecule has 0 aliphatic rings. The van der Waals surface area contributed by atoms with E-state index in [0.717, 1.165) is 11.1 Å². The Bertz CT molecular complexity index is 983. The standard InChI is InChI=1S/C19H16BrClFN3O2/c1-11-7-14(8-12(2)18(11)21)27-10-25-6-5-17(24-25)19(26)23-16-4-3-13(20)9-15(16)22/h3-9H,10H2,1-2H3,(H,23,26). The molecule has 0 spiro atoms. The molecule has 0 atom stereocenters. The number of ether oxygens (including phenoxy) is 1. The maximum absolute atomic E-state index is 13.8. The van der Waals surface area contributed by atoms with E-state index in [1.54, 1.807) is 12.3 Å². The molecule has 0 radical (unpaired) electrons. The zero-order valence-corrected chi connectivity index (χ0v) is 16.9. The van der Waals surface area contributed by atoms with Crippen molar-refractivity contribution in [2.75, 3.05) is 5.32 Å². The van der Waals surface area contributed by atoms with E-state index >= 15 is 0 Å². The number of carbonyl (C=O) groups is 1. The molecular formula is C19H16BrClFN3O2. The van der Waals surface area contributed by atoms with E-state index in [-0.39, 0.29) is 18.1 Å². The highest BCUT2D eigenvalue weighted by atomic mass is 79.9. The average Bonchev–Trinajstić information content (AvgIpc) is 3.09. The summed E-state index contributed by atoms with van der Waals surface area (Å²) in [6.45, 7) is 3.93. The first-order chi connectivity index (χ1) is 12.8. The fourth-order valence-electron chi connectivity index (χ4n) is 2.46. The lowest BCUT2D eigenvalue weighted by molar-refractivity contribution is 0.101. The number of hydrogen-bond donors (Lipinski definition) is 1. The summed E-state index contributed by atoms with van der Waals surface area (Å²) in [5, 5.41) is 7.36. The molecule has 8 heteroatoms. The van der Waals surface area contributed by atoms with Crippen LogP contribution >= 0.6 is 27.5 Å². The molecule has 0 saturated carbocycles. The average molecular weight is 453 g/mol. The van der Waals surface area contributed by atoms with Crippen LogP contribution in [0.2, 0.25) is 5.02 Å². The molecule has 0 fully saturated rings. The van der Waals surface area contributed by atoms with Gasteiger partial charge in [0.1, 0.15) is 11.6 Å². The Morgan fingerprint density at radius 3 is 2.63 bits per heavy atom. The summed E-state index contributed by atoms with van der Waals surface area (Å²) in [4.78, 5) is 12.2. The second-order valence-corrected chi connectivity index (χ2v) is 7.26. The predicted molar refractivity (Wildman–Crippen MR) is 106 cm³/mol. The minimum absolute atomic E-state index is 0.0844. The lowest BCUT2D eigenvalue weighted by atomic mass is 10.1. The first kappa shape index (κ1) is 19.4. The summed E-state index contributed by atoms with van der Waals surface area (Å²) in [7, 11) is 0. The Hall–Kier alpha value is -2.38. The van der Waals surface area contributed by atoms with Crippen LogP contribution in [-0.2, 0) is 6.73 Å². The van der Waals surface area contributed by atoms with Crippen LogP contribution in [0.4, 0.5) is 10.1 Å².